The summed E-state index contributed by atoms with van der Waals surface area (Å²) in [5, 5.41) is 8.97. The minimum Gasteiger partial charge on any atom is -0.478 e. The third kappa shape index (κ3) is 1.90. The van der Waals surface area contributed by atoms with E-state index in [9.17, 15) is 4.79 Å². The van der Waals surface area contributed by atoms with Crippen LogP contribution in [0.4, 0.5) is 5.69 Å². The van der Waals surface area contributed by atoms with E-state index >= 15 is 0 Å². The van der Waals surface area contributed by atoms with Gasteiger partial charge >= 0.3 is 5.97 Å². The molecule has 2 atom stereocenters. The summed E-state index contributed by atoms with van der Waals surface area (Å²) in [5.74, 6) is -0.860. The summed E-state index contributed by atoms with van der Waals surface area (Å²) < 4.78 is 0. The van der Waals surface area contributed by atoms with Crippen LogP contribution in [0, 0.1) is 0 Å². The van der Waals surface area contributed by atoms with E-state index in [2.05, 4.69) is 18.7 Å². The van der Waals surface area contributed by atoms with Crippen molar-refractivity contribution in [1.82, 2.24) is 0 Å². The second-order valence-corrected chi connectivity index (χ2v) is 4.54. The monoisotopic (exact) mass is 219 g/mol. The number of carboxylic acids is 1. The average molecular weight is 219 g/mol. The number of carboxylic acid groups (broad SMARTS) is 1. The zero-order chi connectivity index (χ0) is 11.7. The molecule has 1 heterocycles. The minimum absolute atomic E-state index is 0.365. The molecule has 1 fully saturated rings. The summed E-state index contributed by atoms with van der Waals surface area (Å²) in [6.45, 7) is 4.38. The fraction of sp³-hybridized carbons (Fsp3) is 0.462. The number of nitrogens with zero attached hydrogens (tertiary/aromatic N) is 1. The lowest BCUT2D eigenvalue weighted by Crippen LogP contribution is -2.32. The highest BCUT2D eigenvalue weighted by atomic mass is 16.4. The highest BCUT2D eigenvalue weighted by Gasteiger charge is 2.27. The van der Waals surface area contributed by atoms with Crippen LogP contribution in [0.3, 0.4) is 0 Å². The average Bonchev–Trinajstić information content (AvgIpc) is 2.59. The topological polar surface area (TPSA) is 40.5 Å². The van der Waals surface area contributed by atoms with Gasteiger partial charge in [0.1, 0.15) is 0 Å². The van der Waals surface area contributed by atoms with E-state index in [4.69, 9.17) is 5.11 Å². The van der Waals surface area contributed by atoms with Gasteiger partial charge in [0.25, 0.3) is 0 Å². The number of anilines is 1. The van der Waals surface area contributed by atoms with Crippen molar-refractivity contribution in [3.8, 4) is 0 Å². The fourth-order valence-corrected chi connectivity index (χ4v) is 2.50. The largest absolute Gasteiger partial charge is 0.478 e. The van der Waals surface area contributed by atoms with Crippen LogP contribution < -0.4 is 4.90 Å². The van der Waals surface area contributed by atoms with Gasteiger partial charge in [0.2, 0.25) is 0 Å². The van der Waals surface area contributed by atoms with Crippen molar-refractivity contribution in [3.05, 3.63) is 29.8 Å². The van der Waals surface area contributed by atoms with Gasteiger partial charge in [-0.2, -0.15) is 0 Å². The van der Waals surface area contributed by atoms with Crippen molar-refractivity contribution in [2.45, 2.75) is 38.8 Å². The number of rotatable bonds is 2. The lowest BCUT2D eigenvalue weighted by atomic mass is 10.1. The van der Waals surface area contributed by atoms with E-state index in [-0.39, 0.29) is 0 Å². The molecule has 1 N–H and O–H groups in total. The number of hydrogen-bond acceptors (Lipinski definition) is 2. The van der Waals surface area contributed by atoms with Crippen LogP contribution in [0.1, 0.15) is 37.0 Å². The summed E-state index contributed by atoms with van der Waals surface area (Å²) in [6, 6.07) is 8.21. The van der Waals surface area contributed by atoms with E-state index in [0.717, 1.165) is 5.69 Å². The van der Waals surface area contributed by atoms with Crippen molar-refractivity contribution in [2.75, 3.05) is 4.90 Å². The predicted molar refractivity (Wildman–Crippen MR) is 64.0 cm³/mol. The van der Waals surface area contributed by atoms with Crippen LogP contribution >= 0.6 is 0 Å². The highest BCUT2D eigenvalue weighted by molar-refractivity contribution is 5.88. The lowest BCUT2D eigenvalue weighted by molar-refractivity contribution is 0.0697. The zero-order valence-corrected chi connectivity index (χ0v) is 9.68. The molecular weight excluding hydrogens is 202 g/mol. The molecule has 3 nitrogen and oxygen atoms in total. The van der Waals surface area contributed by atoms with Gasteiger partial charge < -0.3 is 10.0 Å². The standard InChI is InChI=1S/C13H17NO2/c1-9-6-7-10(2)14(9)12-5-3-4-11(8-12)13(15)16/h3-5,8-10H,6-7H2,1-2H3,(H,15,16)/t9-,10+. The Morgan fingerprint density at radius 3 is 2.50 bits per heavy atom. The van der Waals surface area contributed by atoms with Gasteiger partial charge in [-0.15, -0.1) is 0 Å². The Kier molecular flexibility index (Phi) is 2.86. The Morgan fingerprint density at radius 1 is 1.31 bits per heavy atom. The van der Waals surface area contributed by atoms with Crippen molar-refractivity contribution < 1.29 is 9.90 Å². The number of benzene rings is 1. The third-order valence-corrected chi connectivity index (χ3v) is 3.34. The maximum atomic E-state index is 10.9. The molecule has 1 aliphatic rings. The molecule has 0 aliphatic carbocycles. The van der Waals surface area contributed by atoms with E-state index in [1.54, 1.807) is 12.1 Å². The van der Waals surface area contributed by atoms with Crippen molar-refractivity contribution in [1.29, 1.82) is 0 Å². The summed E-state index contributed by atoms with van der Waals surface area (Å²) in [7, 11) is 0. The Morgan fingerprint density at radius 2 is 1.94 bits per heavy atom. The van der Waals surface area contributed by atoms with Gasteiger partial charge in [0.15, 0.2) is 0 Å². The fourth-order valence-electron chi connectivity index (χ4n) is 2.50. The molecule has 0 amide bonds. The predicted octanol–water partition coefficient (Wildman–Crippen LogP) is 2.76. The normalized spacial score (nSPS) is 24.8. The van der Waals surface area contributed by atoms with Crippen molar-refractivity contribution in [3.63, 3.8) is 0 Å². The Balaban J connectivity index is 2.32. The van der Waals surface area contributed by atoms with E-state index in [0.29, 0.717) is 17.6 Å². The zero-order valence-electron chi connectivity index (χ0n) is 9.68. The minimum atomic E-state index is -0.860. The van der Waals surface area contributed by atoms with Crippen LogP contribution in [-0.2, 0) is 0 Å². The Bertz CT molecular complexity index is 393. The van der Waals surface area contributed by atoms with Gasteiger partial charge in [0, 0.05) is 17.8 Å². The van der Waals surface area contributed by atoms with Crippen LogP contribution in [0.15, 0.2) is 24.3 Å². The Labute approximate surface area is 95.7 Å². The first-order valence-corrected chi connectivity index (χ1v) is 5.71. The third-order valence-electron chi connectivity index (χ3n) is 3.34. The molecule has 1 aliphatic heterocycles. The van der Waals surface area contributed by atoms with E-state index < -0.39 is 5.97 Å². The number of aromatic carboxylic acids is 1. The first-order valence-electron chi connectivity index (χ1n) is 5.71. The van der Waals surface area contributed by atoms with Gasteiger partial charge in [0.05, 0.1) is 5.56 Å². The van der Waals surface area contributed by atoms with Crippen molar-refractivity contribution >= 4 is 11.7 Å². The van der Waals surface area contributed by atoms with Crippen LogP contribution in [-0.4, -0.2) is 23.2 Å². The van der Waals surface area contributed by atoms with Gasteiger partial charge in [-0.1, -0.05) is 6.07 Å². The highest BCUT2D eigenvalue weighted by Crippen LogP contribution is 2.30. The molecule has 3 heteroatoms. The van der Waals surface area contributed by atoms with Crippen LogP contribution in [0.25, 0.3) is 0 Å². The maximum Gasteiger partial charge on any atom is 0.335 e. The smallest absolute Gasteiger partial charge is 0.335 e. The summed E-state index contributed by atoms with van der Waals surface area (Å²) >= 11 is 0. The van der Waals surface area contributed by atoms with Crippen molar-refractivity contribution in [2.24, 2.45) is 0 Å². The molecule has 0 aromatic heterocycles. The molecule has 0 unspecified atom stereocenters. The summed E-state index contributed by atoms with van der Waals surface area (Å²) in [6.07, 6.45) is 2.36. The van der Waals surface area contributed by atoms with Crippen LogP contribution in [0.2, 0.25) is 0 Å². The second kappa shape index (κ2) is 4.16. The SMILES string of the molecule is C[C@@H]1CC[C@H](C)N1c1cccc(C(=O)O)c1. The molecule has 0 bridgehead atoms. The molecule has 0 radical (unpaired) electrons. The number of carbonyl (C=O) groups is 1. The molecule has 1 aromatic carbocycles. The molecule has 2 rings (SSSR count). The summed E-state index contributed by atoms with van der Waals surface area (Å²) in [5.41, 5.74) is 1.39. The maximum absolute atomic E-state index is 10.9. The first-order chi connectivity index (χ1) is 7.59. The molecule has 16 heavy (non-hydrogen) atoms. The van der Waals surface area contributed by atoms with Crippen LogP contribution in [0.5, 0.6) is 0 Å². The molecule has 1 saturated heterocycles. The van der Waals surface area contributed by atoms with Gasteiger partial charge in [-0.05, 0) is 44.9 Å². The quantitative estimate of drug-likeness (QED) is 0.831. The Hall–Kier alpha value is -1.51. The molecule has 1 aromatic rings. The summed E-state index contributed by atoms with van der Waals surface area (Å²) in [4.78, 5) is 13.2. The number of hydrogen-bond donors (Lipinski definition) is 1. The molecule has 0 saturated carbocycles. The molecule has 86 valence electrons. The van der Waals surface area contributed by atoms with Gasteiger partial charge in [-0.3, -0.25) is 0 Å². The van der Waals surface area contributed by atoms with E-state index in [1.165, 1.54) is 12.8 Å². The second-order valence-electron chi connectivity index (χ2n) is 4.54. The first kappa shape index (κ1) is 11.0. The van der Waals surface area contributed by atoms with Gasteiger partial charge in [-0.25, -0.2) is 4.79 Å². The molecule has 0 spiro atoms. The van der Waals surface area contributed by atoms with E-state index in [1.807, 2.05) is 12.1 Å². The lowest BCUT2D eigenvalue weighted by Gasteiger charge is -2.28. The molecular formula is C13H17NO2.